The van der Waals surface area contributed by atoms with Gasteiger partial charge in [-0.05, 0) is 57.0 Å². The largest absolute Gasteiger partial charge is 0.534 e. The molecule has 1 unspecified atom stereocenters. The number of hydrogen-bond acceptors (Lipinski definition) is 4. The van der Waals surface area contributed by atoms with E-state index in [1.54, 1.807) is 24.3 Å². The van der Waals surface area contributed by atoms with Crippen LogP contribution in [0.1, 0.15) is 39.2 Å². The van der Waals surface area contributed by atoms with Crippen LogP contribution in [0.4, 0.5) is 13.2 Å². The molecule has 1 aromatic rings. The second kappa shape index (κ2) is 7.83. The molecule has 0 amide bonds. The van der Waals surface area contributed by atoms with Crippen molar-refractivity contribution in [2.24, 2.45) is 0 Å². The summed E-state index contributed by atoms with van der Waals surface area (Å²) in [4.78, 5) is 0. The Morgan fingerprint density at radius 3 is 2.38 bits per heavy atom. The number of benzene rings is 1. The summed E-state index contributed by atoms with van der Waals surface area (Å²) in [5, 5.41) is 0.477. The summed E-state index contributed by atoms with van der Waals surface area (Å²) >= 11 is 0. The van der Waals surface area contributed by atoms with Crippen molar-refractivity contribution in [3.63, 3.8) is 0 Å². The summed E-state index contributed by atoms with van der Waals surface area (Å²) in [6, 6.07) is 3.29. The van der Waals surface area contributed by atoms with Gasteiger partial charge in [-0.3, -0.25) is 0 Å². The average molecular weight is 449 g/mol. The monoisotopic (exact) mass is 448 g/mol. The summed E-state index contributed by atoms with van der Waals surface area (Å²) in [5.41, 5.74) is -4.76. The van der Waals surface area contributed by atoms with Gasteiger partial charge in [-0.2, -0.15) is 21.6 Å². The van der Waals surface area contributed by atoms with Gasteiger partial charge in [0.05, 0.1) is 13.6 Å². The van der Waals surface area contributed by atoms with Crippen LogP contribution in [0.15, 0.2) is 29.9 Å². The molecule has 0 bridgehead atoms. The normalized spacial score (nSPS) is 19.3. The second-order valence-electron chi connectivity index (χ2n) is 8.66. The molecule has 29 heavy (non-hydrogen) atoms. The maximum atomic E-state index is 13.0. The van der Waals surface area contributed by atoms with Gasteiger partial charge >= 0.3 is 15.6 Å². The standard InChI is InChI=1S/C20H27F3O4SSi/c1-14(2)8-7-12-19(3)13-11-15-16(26-19)9-10-17(29(4,5)6)18(15)27-28(24,25)20(21,22)23/h8-11,13H,7,12H2,1-6H3. The number of halogens is 3. The highest BCUT2D eigenvalue weighted by Crippen LogP contribution is 2.40. The molecular formula is C20H27F3O4SSi. The first-order valence-corrected chi connectivity index (χ1v) is 14.2. The lowest BCUT2D eigenvalue weighted by Crippen LogP contribution is -2.41. The van der Waals surface area contributed by atoms with E-state index < -0.39 is 29.3 Å². The summed E-state index contributed by atoms with van der Waals surface area (Å²) < 4.78 is 73.0. The van der Waals surface area contributed by atoms with Crippen molar-refractivity contribution in [3.05, 3.63) is 35.4 Å². The van der Waals surface area contributed by atoms with Crippen LogP contribution in [-0.4, -0.2) is 27.6 Å². The topological polar surface area (TPSA) is 52.6 Å². The molecule has 1 aliphatic heterocycles. The van der Waals surface area contributed by atoms with E-state index in [-0.39, 0.29) is 11.3 Å². The third-order valence-electron chi connectivity index (χ3n) is 4.58. The molecule has 2 rings (SSSR count). The first kappa shape index (κ1) is 23.5. The number of fused-ring (bicyclic) bond motifs is 1. The van der Waals surface area contributed by atoms with Crippen molar-refractivity contribution in [3.8, 4) is 11.5 Å². The minimum Gasteiger partial charge on any atom is -0.483 e. The zero-order chi connectivity index (χ0) is 22.3. The van der Waals surface area contributed by atoms with Crippen molar-refractivity contribution in [2.75, 3.05) is 0 Å². The van der Waals surface area contributed by atoms with Crippen LogP contribution in [0, 0.1) is 0 Å². The molecule has 162 valence electrons. The molecule has 1 aromatic carbocycles. The lowest BCUT2D eigenvalue weighted by Gasteiger charge is -2.33. The summed E-state index contributed by atoms with van der Waals surface area (Å²) in [7, 11) is -8.01. The van der Waals surface area contributed by atoms with Gasteiger partial charge in [-0.25, -0.2) is 0 Å². The van der Waals surface area contributed by atoms with E-state index in [1.807, 2.05) is 40.4 Å². The van der Waals surface area contributed by atoms with Gasteiger partial charge in [0.2, 0.25) is 0 Å². The molecule has 0 radical (unpaired) electrons. The fourth-order valence-electron chi connectivity index (χ4n) is 2.99. The highest BCUT2D eigenvalue weighted by Gasteiger charge is 2.49. The molecule has 1 aliphatic rings. The smallest absolute Gasteiger partial charge is 0.483 e. The Labute approximate surface area is 171 Å². The van der Waals surface area contributed by atoms with E-state index in [0.29, 0.717) is 17.4 Å². The third kappa shape index (κ3) is 5.45. The molecule has 9 heteroatoms. The van der Waals surface area contributed by atoms with Gasteiger partial charge in [0.15, 0.2) is 5.75 Å². The zero-order valence-electron chi connectivity index (χ0n) is 17.5. The van der Waals surface area contributed by atoms with Crippen LogP contribution < -0.4 is 14.1 Å². The van der Waals surface area contributed by atoms with E-state index >= 15 is 0 Å². The summed E-state index contributed by atoms with van der Waals surface area (Å²) in [5.74, 6) is 0.0168. The number of ether oxygens (including phenoxy) is 1. The molecular weight excluding hydrogens is 421 g/mol. The minimum atomic E-state index is -5.79. The number of hydrogen-bond donors (Lipinski definition) is 0. The molecule has 0 aliphatic carbocycles. The van der Waals surface area contributed by atoms with E-state index in [4.69, 9.17) is 4.74 Å². The van der Waals surface area contributed by atoms with Crippen LogP contribution in [0.5, 0.6) is 11.5 Å². The Morgan fingerprint density at radius 1 is 1.24 bits per heavy atom. The number of rotatable bonds is 6. The van der Waals surface area contributed by atoms with Gasteiger partial charge < -0.3 is 8.92 Å². The van der Waals surface area contributed by atoms with Crippen molar-refractivity contribution in [2.45, 2.75) is 64.4 Å². The highest BCUT2D eigenvalue weighted by molar-refractivity contribution is 7.88. The predicted octanol–water partition coefficient (Wildman–Crippen LogP) is 5.37. The maximum Gasteiger partial charge on any atom is 0.534 e. The Balaban J connectivity index is 2.52. The molecule has 4 nitrogen and oxygen atoms in total. The van der Waals surface area contributed by atoms with Crippen molar-refractivity contribution in [1.29, 1.82) is 0 Å². The average Bonchev–Trinajstić information content (AvgIpc) is 2.51. The van der Waals surface area contributed by atoms with Crippen LogP contribution in [0.2, 0.25) is 19.6 Å². The molecule has 0 saturated carbocycles. The van der Waals surface area contributed by atoms with Crippen molar-refractivity contribution in [1.82, 2.24) is 0 Å². The minimum absolute atomic E-state index is 0.220. The van der Waals surface area contributed by atoms with Crippen LogP contribution >= 0.6 is 0 Å². The molecule has 1 heterocycles. The lowest BCUT2D eigenvalue weighted by molar-refractivity contribution is -0.0500. The Morgan fingerprint density at radius 2 is 1.86 bits per heavy atom. The third-order valence-corrected chi connectivity index (χ3v) is 7.54. The van der Waals surface area contributed by atoms with Crippen molar-refractivity contribution < 1.29 is 30.5 Å². The maximum absolute atomic E-state index is 13.0. The molecule has 0 N–H and O–H groups in total. The van der Waals surface area contributed by atoms with Crippen molar-refractivity contribution >= 4 is 29.5 Å². The van der Waals surface area contributed by atoms with Gasteiger partial charge in [-0.1, -0.05) is 37.4 Å². The van der Waals surface area contributed by atoms with Crippen LogP contribution in [0.25, 0.3) is 6.08 Å². The molecule has 0 aromatic heterocycles. The highest BCUT2D eigenvalue weighted by atomic mass is 32.2. The quantitative estimate of drug-likeness (QED) is 0.254. The second-order valence-corrected chi connectivity index (χ2v) is 15.2. The van der Waals surface area contributed by atoms with E-state index in [0.717, 1.165) is 6.42 Å². The van der Waals surface area contributed by atoms with Gasteiger partial charge in [0, 0.05) is 0 Å². The zero-order valence-corrected chi connectivity index (χ0v) is 19.3. The predicted molar refractivity (Wildman–Crippen MR) is 112 cm³/mol. The number of allylic oxidation sites excluding steroid dienone is 2. The summed E-state index contributed by atoms with van der Waals surface area (Å²) in [6.07, 6.45) is 6.87. The fraction of sp³-hybridized carbons (Fsp3) is 0.500. The first-order chi connectivity index (χ1) is 13.1. The van der Waals surface area contributed by atoms with Crippen LogP contribution in [-0.2, 0) is 10.1 Å². The Kier molecular flexibility index (Phi) is 6.35. The van der Waals surface area contributed by atoms with E-state index in [9.17, 15) is 21.6 Å². The van der Waals surface area contributed by atoms with E-state index in [1.165, 1.54) is 5.57 Å². The summed E-state index contributed by atoms with van der Waals surface area (Å²) in [6.45, 7) is 11.6. The lowest BCUT2D eigenvalue weighted by atomic mass is 9.94. The Bertz CT molecular complexity index is 940. The fourth-order valence-corrected chi connectivity index (χ4v) is 5.01. The molecule has 0 saturated heterocycles. The molecule has 1 atom stereocenters. The molecule has 0 spiro atoms. The van der Waals surface area contributed by atoms with Gasteiger partial charge in [0.25, 0.3) is 0 Å². The first-order valence-electron chi connectivity index (χ1n) is 9.26. The van der Waals surface area contributed by atoms with Gasteiger partial charge in [0.1, 0.15) is 11.4 Å². The van der Waals surface area contributed by atoms with Crippen LogP contribution in [0.3, 0.4) is 0 Å². The van der Waals surface area contributed by atoms with E-state index in [2.05, 4.69) is 10.3 Å². The molecule has 0 fully saturated rings. The Hall–Kier alpha value is -1.74. The SMILES string of the molecule is CC(C)=CCCC1(C)C=Cc2c(ccc([Si](C)(C)C)c2OS(=O)(=O)C(F)(F)F)O1. The number of alkyl halides is 3. The van der Waals surface area contributed by atoms with Gasteiger partial charge in [-0.15, -0.1) is 0 Å².